The second kappa shape index (κ2) is 12.8. The van der Waals surface area contributed by atoms with E-state index in [1.807, 2.05) is 13.0 Å². The Morgan fingerprint density at radius 2 is 1.95 bits per heavy atom. The number of rotatable bonds is 9. The molecule has 4 N–H and O–H groups in total. The number of pyridine rings is 1. The zero-order chi connectivity index (χ0) is 26.8. The quantitative estimate of drug-likeness (QED) is 0.268. The molecular formula is C25H27FN4O6S. The number of hydrogen-bond acceptors (Lipinski definition) is 9. The predicted octanol–water partition coefficient (Wildman–Crippen LogP) is 4.28. The fourth-order valence-corrected chi connectivity index (χ4v) is 3.39. The van der Waals surface area contributed by atoms with Crippen LogP contribution in [0.1, 0.15) is 11.1 Å². The summed E-state index contributed by atoms with van der Waals surface area (Å²) in [7, 11) is -2.45. The Labute approximate surface area is 213 Å². The molecule has 0 fully saturated rings. The van der Waals surface area contributed by atoms with Crippen LogP contribution in [0, 0.1) is 6.92 Å². The molecule has 0 amide bonds. The fraction of sp³-hybridized carbons (Fsp3) is 0.200. The molecule has 2 aromatic carbocycles. The van der Waals surface area contributed by atoms with E-state index in [2.05, 4.69) is 15.3 Å². The SMILES string of the molecule is COc1ccc(CNc2nc3ccc(OCC(=CF)CN)cc3o2)cn1.Cc1ccc(S(=O)(=O)O)cc1. The summed E-state index contributed by atoms with van der Waals surface area (Å²) in [6, 6.07) is 15.3. The minimum absolute atomic E-state index is 0.0666. The van der Waals surface area contributed by atoms with E-state index in [0.29, 0.717) is 47.2 Å². The van der Waals surface area contributed by atoms with Gasteiger partial charge in [0.05, 0.1) is 18.3 Å². The number of hydrogen-bond donors (Lipinski definition) is 3. The van der Waals surface area contributed by atoms with Gasteiger partial charge < -0.3 is 24.9 Å². The van der Waals surface area contributed by atoms with E-state index < -0.39 is 10.1 Å². The number of nitrogens with two attached hydrogens (primary N) is 1. The van der Waals surface area contributed by atoms with Crippen molar-refractivity contribution in [3.05, 3.63) is 83.8 Å². The summed E-state index contributed by atoms with van der Waals surface area (Å²) >= 11 is 0. The molecule has 0 saturated carbocycles. The van der Waals surface area contributed by atoms with E-state index in [0.717, 1.165) is 11.1 Å². The summed E-state index contributed by atoms with van der Waals surface area (Å²) in [4.78, 5) is 8.44. The number of ether oxygens (including phenoxy) is 2. The van der Waals surface area contributed by atoms with Gasteiger partial charge in [-0.3, -0.25) is 4.55 Å². The molecule has 2 heterocycles. The topological polar surface area (TPSA) is 150 Å². The van der Waals surface area contributed by atoms with Gasteiger partial charge >= 0.3 is 0 Å². The van der Waals surface area contributed by atoms with Crippen LogP contribution in [0.15, 0.2) is 82.0 Å². The zero-order valence-corrected chi connectivity index (χ0v) is 21.0. The van der Waals surface area contributed by atoms with E-state index in [4.69, 9.17) is 24.2 Å². The van der Waals surface area contributed by atoms with Crippen LogP contribution in [0.4, 0.5) is 10.4 Å². The van der Waals surface area contributed by atoms with Crippen molar-refractivity contribution in [1.82, 2.24) is 9.97 Å². The smallest absolute Gasteiger partial charge is 0.295 e. The molecule has 0 bridgehead atoms. The van der Waals surface area contributed by atoms with Gasteiger partial charge in [0.2, 0.25) is 5.88 Å². The van der Waals surface area contributed by atoms with E-state index >= 15 is 0 Å². The molecule has 0 unspecified atom stereocenters. The van der Waals surface area contributed by atoms with Crippen LogP contribution < -0.4 is 20.5 Å². The summed E-state index contributed by atoms with van der Waals surface area (Å²) in [5.41, 5.74) is 8.95. The summed E-state index contributed by atoms with van der Waals surface area (Å²) in [6.07, 6.45) is 2.18. The van der Waals surface area contributed by atoms with Crippen LogP contribution in [0.3, 0.4) is 0 Å². The Morgan fingerprint density at radius 3 is 2.54 bits per heavy atom. The molecule has 37 heavy (non-hydrogen) atoms. The van der Waals surface area contributed by atoms with Crippen LogP contribution in [0.25, 0.3) is 11.1 Å². The number of anilines is 1. The van der Waals surface area contributed by atoms with Crippen molar-refractivity contribution >= 4 is 27.2 Å². The normalized spacial score (nSPS) is 11.5. The molecule has 0 radical (unpaired) electrons. The monoisotopic (exact) mass is 530 g/mol. The highest BCUT2D eigenvalue weighted by Gasteiger charge is 2.08. The molecule has 0 saturated heterocycles. The lowest BCUT2D eigenvalue weighted by molar-refractivity contribution is 0.347. The Bertz CT molecular complexity index is 1440. The number of aryl methyl sites for hydroxylation is 1. The first kappa shape index (κ1) is 27.6. The highest BCUT2D eigenvalue weighted by molar-refractivity contribution is 7.85. The molecule has 0 aliphatic carbocycles. The maximum absolute atomic E-state index is 12.5. The first-order chi connectivity index (χ1) is 17.7. The van der Waals surface area contributed by atoms with Gasteiger partial charge in [-0.25, -0.2) is 9.37 Å². The Balaban J connectivity index is 0.000000289. The second-order valence-corrected chi connectivity index (χ2v) is 9.18. The molecule has 4 aromatic rings. The average Bonchev–Trinajstić information content (AvgIpc) is 3.31. The Morgan fingerprint density at radius 1 is 1.19 bits per heavy atom. The van der Waals surface area contributed by atoms with Gasteiger partial charge in [0.15, 0.2) is 5.58 Å². The van der Waals surface area contributed by atoms with Crippen LogP contribution in [-0.4, -0.2) is 43.2 Å². The molecule has 12 heteroatoms. The van der Waals surface area contributed by atoms with Gasteiger partial charge in [0.25, 0.3) is 16.1 Å². The first-order valence-corrected chi connectivity index (χ1v) is 12.4. The van der Waals surface area contributed by atoms with Crippen molar-refractivity contribution in [3.8, 4) is 11.6 Å². The van der Waals surface area contributed by atoms with Gasteiger partial charge in [-0.1, -0.05) is 23.8 Å². The van der Waals surface area contributed by atoms with E-state index in [1.165, 1.54) is 12.1 Å². The first-order valence-electron chi connectivity index (χ1n) is 11.0. The number of benzene rings is 2. The number of fused-ring (bicyclic) bond motifs is 1. The maximum atomic E-state index is 12.5. The van der Waals surface area contributed by atoms with Gasteiger partial charge in [0.1, 0.15) is 17.9 Å². The largest absolute Gasteiger partial charge is 0.489 e. The highest BCUT2D eigenvalue weighted by atomic mass is 32.2. The van der Waals surface area contributed by atoms with Crippen molar-refractivity contribution in [3.63, 3.8) is 0 Å². The van der Waals surface area contributed by atoms with Crippen LogP contribution in [0.2, 0.25) is 0 Å². The van der Waals surface area contributed by atoms with Gasteiger partial charge in [-0.15, -0.1) is 0 Å². The molecule has 0 spiro atoms. The van der Waals surface area contributed by atoms with Gasteiger partial charge in [-0.05, 0) is 36.8 Å². The van der Waals surface area contributed by atoms with E-state index in [9.17, 15) is 12.8 Å². The summed E-state index contributed by atoms with van der Waals surface area (Å²) in [5.74, 6) is 1.11. The van der Waals surface area contributed by atoms with Crippen LogP contribution in [0.5, 0.6) is 11.6 Å². The molecule has 0 aliphatic heterocycles. The third kappa shape index (κ3) is 8.27. The number of methoxy groups -OCH3 is 1. The lowest BCUT2D eigenvalue weighted by atomic mass is 10.2. The summed E-state index contributed by atoms with van der Waals surface area (Å²) < 4.78 is 58.3. The van der Waals surface area contributed by atoms with Crippen LogP contribution >= 0.6 is 0 Å². The molecule has 0 atom stereocenters. The Hall–Kier alpha value is -4.00. The maximum Gasteiger partial charge on any atom is 0.295 e. The minimum atomic E-state index is -4.02. The van der Waals surface area contributed by atoms with Crippen molar-refractivity contribution < 1.29 is 31.3 Å². The van der Waals surface area contributed by atoms with Gasteiger partial charge in [0, 0.05) is 37.0 Å². The van der Waals surface area contributed by atoms with Crippen molar-refractivity contribution in [2.24, 2.45) is 5.73 Å². The molecule has 196 valence electrons. The van der Waals surface area contributed by atoms with Crippen molar-refractivity contribution in [2.75, 3.05) is 25.6 Å². The molecule has 10 nitrogen and oxygen atoms in total. The zero-order valence-electron chi connectivity index (χ0n) is 20.2. The molecule has 0 aliphatic rings. The molecular weight excluding hydrogens is 503 g/mol. The summed E-state index contributed by atoms with van der Waals surface area (Å²) in [6.45, 7) is 2.54. The lowest BCUT2D eigenvalue weighted by Crippen LogP contribution is -2.10. The van der Waals surface area contributed by atoms with E-state index in [-0.39, 0.29) is 18.0 Å². The van der Waals surface area contributed by atoms with Gasteiger partial charge in [-0.2, -0.15) is 13.4 Å². The number of aromatic nitrogens is 2. The standard InChI is InChI=1S/C18H19FN4O3.C7H8O3S/c1-24-17-5-2-12(9-21-17)10-22-18-23-15-4-3-14(6-16(15)26-18)25-11-13(7-19)8-20;1-6-2-4-7(5-3-6)11(8,9)10/h2-7,9H,8,10-11,20H2,1H3,(H,22,23);2-5H,1H3,(H,8,9,10). The molecule has 2 aromatic heterocycles. The number of oxazole rings is 1. The molecule has 4 rings (SSSR count). The van der Waals surface area contributed by atoms with Crippen molar-refractivity contribution in [2.45, 2.75) is 18.4 Å². The number of nitrogens with one attached hydrogen (secondary N) is 1. The van der Waals surface area contributed by atoms with E-state index in [1.54, 1.807) is 49.7 Å². The Kier molecular flexibility index (Phi) is 9.55. The lowest BCUT2D eigenvalue weighted by Gasteiger charge is -2.06. The second-order valence-electron chi connectivity index (χ2n) is 7.76. The van der Waals surface area contributed by atoms with Crippen molar-refractivity contribution in [1.29, 1.82) is 0 Å². The number of halogens is 1. The third-order valence-corrected chi connectivity index (χ3v) is 5.84. The number of nitrogens with zero attached hydrogens (tertiary/aromatic N) is 2. The fourth-order valence-electron chi connectivity index (χ4n) is 2.91. The minimum Gasteiger partial charge on any atom is -0.489 e. The average molecular weight is 531 g/mol. The van der Waals surface area contributed by atoms with Crippen LogP contribution in [-0.2, 0) is 16.7 Å². The summed E-state index contributed by atoms with van der Waals surface area (Å²) in [5, 5.41) is 3.10. The predicted molar refractivity (Wildman–Crippen MR) is 137 cm³/mol. The third-order valence-electron chi connectivity index (χ3n) is 4.97. The highest BCUT2D eigenvalue weighted by Crippen LogP contribution is 2.24.